The molecule has 1 aliphatic rings. The number of aliphatic carboxylic acids is 1. The van der Waals surface area contributed by atoms with Crippen molar-refractivity contribution in [2.24, 2.45) is 11.8 Å². The number of amides is 1. The molecule has 0 bridgehead atoms. The van der Waals surface area contributed by atoms with Gasteiger partial charge in [-0.3, -0.25) is 4.79 Å². The predicted molar refractivity (Wildman–Crippen MR) is 79.8 cm³/mol. The van der Waals surface area contributed by atoms with Gasteiger partial charge in [-0.15, -0.1) is 0 Å². The lowest BCUT2D eigenvalue weighted by Crippen LogP contribution is -2.42. The highest BCUT2D eigenvalue weighted by atomic mass is 35.5. The summed E-state index contributed by atoms with van der Waals surface area (Å²) in [5.41, 5.74) is 2.40. The highest BCUT2D eigenvalue weighted by Gasteiger charge is 2.31. The molecule has 0 saturated carbocycles. The van der Waals surface area contributed by atoms with E-state index < -0.39 is 17.8 Å². The van der Waals surface area contributed by atoms with E-state index in [1.54, 1.807) is 25.1 Å². The Morgan fingerprint density at radius 2 is 2.00 bits per heavy atom. The Hall–Kier alpha value is -1.81. The van der Waals surface area contributed by atoms with Gasteiger partial charge in [-0.1, -0.05) is 29.3 Å². The minimum absolute atomic E-state index is 0.304. The third-order valence-corrected chi connectivity index (χ3v) is 4.32. The summed E-state index contributed by atoms with van der Waals surface area (Å²) in [7, 11) is 0. The number of benzene rings is 1. The Labute approximate surface area is 128 Å². The lowest BCUT2D eigenvalue weighted by atomic mass is 9.79. The van der Waals surface area contributed by atoms with Gasteiger partial charge < -0.3 is 15.2 Å². The number of carbonyl (C=O) groups excluding carboxylic acids is 2. The summed E-state index contributed by atoms with van der Waals surface area (Å²) >= 11 is 6.02. The number of anilines is 1. The van der Waals surface area contributed by atoms with Crippen LogP contribution in [0.5, 0.6) is 0 Å². The summed E-state index contributed by atoms with van der Waals surface area (Å²) in [6.45, 7) is 3.70. The van der Waals surface area contributed by atoms with Crippen molar-refractivity contribution >= 4 is 29.2 Å². The van der Waals surface area contributed by atoms with Crippen LogP contribution in [0.2, 0.25) is 5.02 Å². The van der Waals surface area contributed by atoms with Crippen LogP contribution in [0.4, 0.5) is 5.69 Å². The lowest BCUT2D eigenvalue weighted by Gasteiger charge is -2.30. The van der Waals surface area contributed by atoms with Crippen molar-refractivity contribution in [1.82, 2.24) is 0 Å². The Bertz CT molecular complexity index is 610. The second-order valence-electron chi connectivity index (χ2n) is 5.42. The number of nitrogens with one attached hydrogen (secondary N) is 1. The van der Waals surface area contributed by atoms with Crippen molar-refractivity contribution in [1.29, 1.82) is 0 Å². The van der Waals surface area contributed by atoms with Crippen molar-refractivity contribution in [2.45, 2.75) is 26.7 Å². The van der Waals surface area contributed by atoms with Gasteiger partial charge in [-0.05, 0) is 44.4 Å². The highest BCUT2D eigenvalue weighted by Crippen LogP contribution is 2.31. The van der Waals surface area contributed by atoms with Crippen LogP contribution < -0.4 is 10.4 Å². The van der Waals surface area contributed by atoms with Gasteiger partial charge in [-0.25, -0.2) is 0 Å². The van der Waals surface area contributed by atoms with Gasteiger partial charge in [0, 0.05) is 22.6 Å². The minimum atomic E-state index is -1.18. The van der Waals surface area contributed by atoms with E-state index in [0.29, 0.717) is 23.6 Å². The molecule has 21 heavy (non-hydrogen) atoms. The zero-order valence-electron chi connectivity index (χ0n) is 12.0. The highest BCUT2D eigenvalue weighted by molar-refractivity contribution is 6.31. The van der Waals surface area contributed by atoms with Crippen molar-refractivity contribution < 1.29 is 14.7 Å². The predicted octanol–water partition coefficient (Wildman–Crippen LogP) is 2.31. The summed E-state index contributed by atoms with van der Waals surface area (Å²) < 4.78 is 0. The molecule has 112 valence electrons. The molecule has 4 nitrogen and oxygen atoms in total. The molecular weight excluding hydrogens is 290 g/mol. The molecule has 0 unspecified atom stereocenters. The monoisotopic (exact) mass is 306 g/mol. The quantitative estimate of drug-likeness (QED) is 0.871. The Kier molecular flexibility index (Phi) is 4.68. The van der Waals surface area contributed by atoms with Crippen LogP contribution in [0.15, 0.2) is 29.8 Å². The SMILES string of the molecule is CC1=CC[C@H](C(=O)[O-])[C@@H](C(=O)Nc2cccc(Cl)c2C)C1. The molecular formula is C16H17ClNO3-. The molecule has 0 fully saturated rings. The van der Waals surface area contributed by atoms with Crippen molar-refractivity contribution in [3.63, 3.8) is 0 Å². The zero-order valence-corrected chi connectivity index (χ0v) is 12.7. The van der Waals surface area contributed by atoms with Crippen LogP contribution in [0.3, 0.4) is 0 Å². The van der Waals surface area contributed by atoms with Crippen LogP contribution in [0.1, 0.15) is 25.3 Å². The number of halogens is 1. The summed E-state index contributed by atoms with van der Waals surface area (Å²) in [6, 6.07) is 5.23. The standard InChI is InChI=1S/C16H18ClNO3/c1-9-6-7-11(16(20)21)12(8-9)15(19)18-14-5-3-4-13(17)10(14)2/h3-6,11-12H,7-8H2,1-2H3,(H,18,19)(H,20,21)/p-1/t11-,12-/m0/s1. The van der Waals surface area contributed by atoms with E-state index in [4.69, 9.17) is 11.6 Å². The third kappa shape index (κ3) is 3.45. The molecule has 0 spiro atoms. The Morgan fingerprint density at radius 3 is 2.67 bits per heavy atom. The fourth-order valence-electron chi connectivity index (χ4n) is 2.57. The van der Waals surface area contributed by atoms with E-state index in [9.17, 15) is 14.7 Å². The van der Waals surface area contributed by atoms with E-state index in [1.165, 1.54) is 0 Å². The van der Waals surface area contributed by atoms with E-state index >= 15 is 0 Å². The van der Waals surface area contributed by atoms with E-state index in [2.05, 4.69) is 5.32 Å². The third-order valence-electron chi connectivity index (χ3n) is 3.91. The summed E-state index contributed by atoms with van der Waals surface area (Å²) in [5.74, 6) is -2.88. The first-order chi connectivity index (χ1) is 9.90. The molecule has 1 aromatic rings. The number of carboxylic acids is 1. The fourth-order valence-corrected chi connectivity index (χ4v) is 2.74. The average Bonchev–Trinajstić information content (AvgIpc) is 2.43. The maximum atomic E-state index is 12.4. The van der Waals surface area contributed by atoms with Gasteiger partial charge in [0.1, 0.15) is 0 Å². The maximum absolute atomic E-state index is 12.4. The van der Waals surface area contributed by atoms with Gasteiger partial charge >= 0.3 is 0 Å². The van der Waals surface area contributed by atoms with Crippen molar-refractivity contribution in [3.05, 3.63) is 40.4 Å². The molecule has 2 atom stereocenters. The van der Waals surface area contributed by atoms with Crippen LogP contribution in [0, 0.1) is 18.8 Å². The molecule has 5 heteroatoms. The first-order valence-corrected chi connectivity index (χ1v) is 7.20. The Balaban J connectivity index is 2.20. The van der Waals surface area contributed by atoms with E-state index in [1.807, 2.05) is 13.0 Å². The average molecular weight is 307 g/mol. The first kappa shape index (κ1) is 15.6. The topological polar surface area (TPSA) is 69.2 Å². The van der Waals surface area contributed by atoms with Gasteiger partial charge in [0.15, 0.2) is 0 Å². The van der Waals surface area contributed by atoms with Crippen LogP contribution in [-0.4, -0.2) is 11.9 Å². The maximum Gasteiger partial charge on any atom is 0.228 e. The number of carboxylic acid groups (broad SMARTS) is 1. The summed E-state index contributed by atoms with van der Waals surface area (Å²) in [5, 5.41) is 14.6. The van der Waals surface area contributed by atoms with Crippen LogP contribution in [0.25, 0.3) is 0 Å². The molecule has 1 aromatic carbocycles. The fraction of sp³-hybridized carbons (Fsp3) is 0.375. The second-order valence-corrected chi connectivity index (χ2v) is 5.83. The molecule has 0 aromatic heterocycles. The number of rotatable bonds is 3. The van der Waals surface area contributed by atoms with Gasteiger partial charge in [0.05, 0.1) is 5.92 Å². The van der Waals surface area contributed by atoms with Crippen molar-refractivity contribution in [2.75, 3.05) is 5.32 Å². The molecule has 0 radical (unpaired) electrons. The molecule has 0 saturated heterocycles. The molecule has 2 rings (SSSR count). The van der Waals surface area contributed by atoms with E-state index in [0.717, 1.165) is 11.1 Å². The normalized spacial score (nSPS) is 21.6. The van der Waals surface area contributed by atoms with Gasteiger partial charge in [0.25, 0.3) is 0 Å². The van der Waals surface area contributed by atoms with Gasteiger partial charge in [-0.2, -0.15) is 0 Å². The van der Waals surface area contributed by atoms with Crippen LogP contribution >= 0.6 is 11.6 Å². The molecule has 0 heterocycles. The zero-order chi connectivity index (χ0) is 15.6. The number of allylic oxidation sites excluding steroid dienone is 2. The summed E-state index contributed by atoms with van der Waals surface area (Å²) in [6.07, 6.45) is 2.62. The number of hydrogen-bond donors (Lipinski definition) is 1. The molecule has 1 N–H and O–H groups in total. The molecule has 0 aliphatic heterocycles. The second kappa shape index (κ2) is 6.31. The van der Waals surface area contributed by atoms with Crippen LogP contribution in [-0.2, 0) is 9.59 Å². The largest absolute Gasteiger partial charge is 0.550 e. The minimum Gasteiger partial charge on any atom is -0.550 e. The summed E-state index contributed by atoms with van der Waals surface area (Å²) in [4.78, 5) is 23.6. The van der Waals surface area contributed by atoms with Gasteiger partial charge in [0.2, 0.25) is 5.91 Å². The number of hydrogen-bond acceptors (Lipinski definition) is 3. The number of carbonyl (C=O) groups is 2. The first-order valence-electron chi connectivity index (χ1n) is 6.82. The molecule has 1 aliphatic carbocycles. The van der Waals surface area contributed by atoms with E-state index in [-0.39, 0.29) is 5.91 Å². The Morgan fingerprint density at radius 1 is 1.29 bits per heavy atom. The lowest BCUT2D eigenvalue weighted by molar-refractivity contribution is -0.313. The smallest absolute Gasteiger partial charge is 0.228 e. The van der Waals surface area contributed by atoms with Crippen molar-refractivity contribution in [3.8, 4) is 0 Å². The molecule has 1 amide bonds.